The van der Waals surface area contributed by atoms with Gasteiger partial charge in [0, 0.05) is 18.8 Å². The molecule has 1 aliphatic rings. The average Bonchev–Trinajstić information content (AvgIpc) is 2.79. The number of ether oxygens (including phenoxy) is 1. The van der Waals surface area contributed by atoms with Gasteiger partial charge in [0.05, 0.1) is 29.8 Å². The normalized spacial score (nSPS) is 14.2. The molecule has 1 aromatic heterocycles. The van der Waals surface area contributed by atoms with E-state index in [9.17, 15) is 13.2 Å². The fourth-order valence-corrected chi connectivity index (χ4v) is 3.65. The summed E-state index contributed by atoms with van der Waals surface area (Å²) in [6.45, 7) is 3.48. The number of nitrogens with zero attached hydrogens (tertiary/aromatic N) is 3. The number of alkyl halides is 3. The Labute approximate surface area is 184 Å². The molecule has 2 aromatic carbocycles. The fourth-order valence-electron chi connectivity index (χ4n) is 3.65. The summed E-state index contributed by atoms with van der Waals surface area (Å²) in [5.74, 6) is 1.30. The number of anilines is 2. The van der Waals surface area contributed by atoms with Crippen molar-refractivity contribution >= 4 is 11.5 Å². The number of hydrogen-bond acceptors (Lipinski definition) is 5. The van der Waals surface area contributed by atoms with Gasteiger partial charge in [-0.15, -0.1) is 0 Å². The van der Waals surface area contributed by atoms with Crippen molar-refractivity contribution in [3.63, 3.8) is 0 Å². The van der Waals surface area contributed by atoms with Gasteiger partial charge >= 0.3 is 6.18 Å². The molecule has 32 heavy (non-hydrogen) atoms. The minimum absolute atomic E-state index is 0.0865. The predicted octanol–water partition coefficient (Wildman–Crippen LogP) is 5.54. The molecular formula is C24H21F3N4O. The maximum Gasteiger partial charge on any atom is 0.416 e. The fraction of sp³-hybridized carbons (Fsp3) is 0.250. The van der Waals surface area contributed by atoms with Crippen LogP contribution in [0.1, 0.15) is 35.2 Å². The molecule has 4 rings (SSSR count). The lowest BCUT2D eigenvalue weighted by atomic mass is 10.1. The second-order valence-electron chi connectivity index (χ2n) is 7.57. The van der Waals surface area contributed by atoms with E-state index in [0.717, 1.165) is 28.9 Å². The van der Waals surface area contributed by atoms with E-state index >= 15 is 0 Å². The van der Waals surface area contributed by atoms with Crippen molar-refractivity contribution in [2.24, 2.45) is 0 Å². The standard InChI is InChI=1S/C24H21F3N4O/c1-16(19-6-2-17(14-28)3-7-19)30-23-22-21(10-11-29-23)32-13-12-31(22)15-18-4-8-20(9-5-18)24(25,26)27/h2-11,16H,12-13,15H2,1H3,(H,29,30). The number of aromatic nitrogens is 1. The zero-order valence-corrected chi connectivity index (χ0v) is 17.4. The number of nitrogens with one attached hydrogen (secondary N) is 1. The first kappa shape index (κ1) is 21.5. The molecule has 8 heteroatoms. The molecule has 1 aliphatic heterocycles. The van der Waals surface area contributed by atoms with Crippen LogP contribution in [0.5, 0.6) is 5.75 Å². The third-order valence-corrected chi connectivity index (χ3v) is 5.37. The van der Waals surface area contributed by atoms with Gasteiger partial charge in [-0.2, -0.15) is 18.4 Å². The number of benzene rings is 2. The third-order valence-electron chi connectivity index (χ3n) is 5.37. The molecule has 5 nitrogen and oxygen atoms in total. The van der Waals surface area contributed by atoms with Crippen LogP contribution in [0.3, 0.4) is 0 Å². The van der Waals surface area contributed by atoms with E-state index in [2.05, 4.69) is 21.3 Å². The minimum atomic E-state index is -4.35. The smallest absolute Gasteiger partial charge is 0.416 e. The van der Waals surface area contributed by atoms with Crippen LogP contribution in [0.25, 0.3) is 0 Å². The van der Waals surface area contributed by atoms with Gasteiger partial charge in [0.15, 0.2) is 5.82 Å². The van der Waals surface area contributed by atoms with Crippen molar-refractivity contribution < 1.29 is 17.9 Å². The van der Waals surface area contributed by atoms with Crippen molar-refractivity contribution in [3.8, 4) is 11.8 Å². The molecule has 0 fully saturated rings. The summed E-state index contributed by atoms with van der Waals surface area (Å²) >= 11 is 0. The van der Waals surface area contributed by atoms with Crippen LogP contribution in [0.4, 0.5) is 24.7 Å². The molecule has 0 spiro atoms. The van der Waals surface area contributed by atoms with Crippen LogP contribution in [-0.2, 0) is 12.7 Å². The van der Waals surface area contributed by atoms with E-state index < -0.39 is 11.7 Å². The van der Waals surface area contributed by atoms with Crippen molar-refractivity contribution in [1.29, 1.82) is 5.26 Å². The lowest BCUT2D eigenvalue weighted by Gasteiger charge is -2.33. The lowest BCUT2D eigenvalue weighted by Crippen LogP contribution is -2.33. The zero-order valence-electron chi connectivity index (χ0n) is 17.4. The molecule has 0 saturated carbocycles. The number of hydrogen-bond donors (Lipinski definition) is 1. The summed E-state index contributed by atoms with van der Waals surface area (Å²) in [5, 5.41) is 12.4. The molecule has 3 aromatic rings. The van der Waals surface area contributed by atoms with Gasteiger partial charge in [-0.1, -0.05) is 24.3 Å². The van der Waals surface area contributed by atoms with Crippen LogP contribution in [0, 0.1) is 11.3 Å². The number of pyridine rings is 1. The molecule has 164 valence electrons. The largest absolute Gasteiger partial charge is 0.489 e. The van der Waals surface area contributed by atoms with E-state index in [4.69, 9.17) is 10.00 Å². The monoisotopic (exact) mass is 438 g/mol. The maximum absolute atomic E-state index is 12.9. The SMILES string of the molecule is CC(Nc1nccc2c1N(Cc1ccc(C(F)(F)F)cc1)CCO2)c1ccc(C#N)cc1. The lowest BCUT2D eigenvalue weighted by molar-refractivity contribution is -0.137. The molecule has 0 radical (unpaired) electrons. The van der Waals surface area contributed by atoms with Gasteiger partial charge in [-0.05, 0) is 42.3 Å². The molecule has 0 bridgehead atoms. The summed E-state index contributed by atoms with van der Waals surface area (Å²) in [7, 11) is 0. The summed E-state index contributed by atoms with van der Waals surface area (Å²) in [4.78, 5) is 6.55. The highest BCUT2D eigenvalue weighted by molar-refractivity contribution is 5.74. The van der Waals surface area contributed by atoms with Crippen molar-refractivity contribution in [2.45, 2.75) is 25.7 Å². The number of halogens is 3. The highest BCUT2D eigenvalue weighted by atomic mass is 19.4. The Morgan fingerprint density at radius 1 is 1.12 bits per heavy atom. The predicted molar refractivity (Wildman–Crippen MR) is 115 cm³/mol. The summed E-state index contributed by atoms with van der Waals surface area (Å²) in [6.07, 6.45) is -2.69. The van der Waals surface area contributed by atoms with Crippen LogP contribution < -0.4 is 15.0 Å². The number of nitriles is 1. The molecular weight excluding hydrogens is 417 g/mol. The summed E-state index contributed by atoms with van der Waals surface area (Å²) in [5.41, 5.74) is 2.46. The van der Waals surface area contributed by atoms with E-state index in [1.807, 2.05) is 19.1 Å². The molecule has 0 aliphatic carbocycles. The Morgan fingerprint density at radius 3 is 2.50 bits per heavy atom. The maximum atomic E-state index is 12.9. The van der Waals surface area contributed by atoms with Gasteiger partial charge < -0.3 is 15.0 Å². The van der Waals surface area contributed by atoms with Gasteiger partial charge in [-0.3, -0.25) is 0 Å². The topological polar surface area (TPSA) is 61.2 Å². The Balaban J connectivity index is 1.57. The third kappa shape index (κ3) is 4.62. The van der Waals surface area contributed by atoms with Gasteiger partial charge in [0.2, 0.25) is 0 Å². The second-order valence-corrected chi connectivity index (χ2v) is 7.57. The quantitative estimate of drug-likeness (QED) is 0.566. The van der Waals surface area contributed by atoms with Crippen molar-refractivity contribution in [2.75, 3.05) is 23.4 Å². The molecule has 2 heterocycles. The number of rotatable bonds is 5. The Kier molecular flexibility index (Phi) is 5.91. The van der Waals surface area contributed by atoms with Crippen LogP contribution >= 0.6 is 0 Å². The average molecular weight is 438 g/mol. The molecule has 0 amide bonds. The van der Waals surface area contributed by atoms with E-state index in [1.54, 1.807) is 24.4 Å². The summed E-state index contributed by atoms with van der Waals surface area (Å²) < 4.78 is 44.4. The summed E-state index contributed by atoms with van der Waals surface area (Å²) in [6, 6.07) is 16.3. The first-order valence-electron chi connectivity index (χ1n) is 10.1. The Hall–Kier alpha value is -3.73. The molecule has 0 saturated heterocycles. The number of fused-ring (bicyclic) bond motifs is 1. The van der Waals surface area contributed by atoms with Crippen molar-refractivity contribution in [3.05, 3.63) is 83.0 Å². The van der Waals surface area contributed by atoms with Crippen LogP contribution in [-0.4, -0.2) is 18.1 Å². The minimum Gasteiger partial charge on any atom is -0.489 e. The van der Waals surface area contributed by atoms with Gasteiger partial charge in [-0.25, -0.2) is 4.98 Å². The molecule has 1 N–H and O–H groups in total. The Morgan fingerprint density at radius 2 is 1.84 bits per heavy atom. The zero-order chi connectivity index (χ0) is 22.7. The Bertz CT molecular complexity index is 1120. The van der Waals surface area contributed by atoms with Crippen LogP contribution in [0.15, 0.2) is 60.8 Å². The first-order valence-corrected chi connectivity index (χ1v) is 10.1. The van der Waals surface area contributed by atoms with E-state index in [-0.39, 0.29) is 6.04 Å². The van der Waals surface area contributed by atoms with E-state index in [1.165, 1.54) is 12.1 Å². The van der Waals surface area contributed by atoms with E-state index in [0.29, 0.717) is 36.8 Å². The first-order chi connectivity index (χ1) is 15.3. The van der Waals surface area contributed by atoms with Gasteiger partial charge in [0.1, 0.15) is 18.0 Å². The highest BCUT2D eigenvalue weighted by Gasteiger charge is 2.30. The molecule has 1 atom stereocenters. The molecule has 1 unspecified atom stereocenters. The van der Waals surface area contributed by atoms with Gasteiger partial charge in [0.25, 0.3) is 0 Å². The van der Waals surface area contributed by atoms with Crippen molar-refractivity contribution in [1.82, 2.24) is 4.98 Å². The van der Waals surface area contributed by atoms with Crippen LogP contribution in [0.2, 0.25) is 0 Å². The highest BCUT2D eigenvalue weighted by Crippen LogP contribution is 2.39. The second kappa shape index (κ2) is 8.79.